The molecule has 2 rings (SSSR count). The van der Waals surface area contributed by atoms with E-state index >= 15 is 0 Å². The van der Waals surface area contributed by atoms with Crippen LogP contribution in [0.4, 0.5) is 0 Å². The van der Waals surface area contributed by atoms with Crippen LogP contribution >= 0.6 is 0 Å². The zero-order valence-corrected chi connectivity index (χ0v) is 13.0. The first kappa shape index (κ1) is 15.7. The van der Waals surface area contributed by atoms with Gasteiger partial charge in [0, 0.05) is 25.6 Å². The van der Waals surface area contributed by atoms with Crippen LogP contribution < -0.4 is 5.32 Å². The molecule has 0 saturated carbocycles. The molecular formula is C13H24N2O4S. The van der Waals surface area contributed by atoms with Crippen molar-refractivity contribution in [3.63, 3.8) is 0 Å². The Morgan fingerprint density at radius 2 is 1.95 bits per heavy atom. The van der Waals surface area contributed by atoms with Gasteiger partial charge in [-0.1, -0.05) is 0 Å². The second-order valence-corrected chi connectivity index (χ2v) is 7.77. The highest BCUT2D eigenvalue weighted by molar-refractivity contribution is 7.88. The SMILES string of the molecule is C[C@@H](NC(=O)C1CCN(S(C)(=O)=O)CC1)[C@@H]1CCCO1. The quantitative estimate of drug-likeness (QED) is 0.813. The van der Waals surface area contributed by atoms with E-state index in [1.165, 1.54) is 10.6 Å². The maximum absolute atomic E-state index is 12.2. The van der Waals surface area contributed by atoms with E-state index in [4.69, 9.17) is 4.74 Å². The van der Waals surface area contributed by atoms with Crippen LogP contribution in [0, 0.1) is 5.92 Å². The van der Waals surface area contributed by atoms with E-state index in [2.05, 4.69) is 5.32 Å². The molecule has 2 fully saturated rings. The largest absolute Gasteiger partial charge is 0.376 e. The highest BCUT2D eigenvalue weighted by atomic mass is 32.2. The number of nitrogens with one attached hydrogen (secondary N) is 1. The van der Waals surface area contributed by atoms with Crippen LogP contribution in [0.5, 0.6) is 0 Å². The first-order chi connectivity index (χ1) is 9.38. The second kappa shape index (κ2) is 6.41. The van der Waals surface area contributed by atoms with Gasteiger partial charge in [-0.05, 0) is 32.6 Å². The van der Waals surface area contributed by atoms with E-state index in [0.29, 0.717) is 25.9 Å². The number of piperidine rings is 1. The van der Waals surface area contributed by atoms with E-state index < -0.39 is 10.0 Å². The van der Waals surface area contributed by atoms with Gasteiger partial charge in [0.1, 0.15) is 0 Å². The first-order valence-corrected chi connectivity index (χ1v) is 9.10. The summed E-state index contributed by atoms with van der Waals surface area (Å²) in [5.41, 5.74) is 0. The van der Waals surface area contributed by atoms with Crippen molar-refractivity contribution >= 4 is 15.9 Å². The average Bonchev–Trinajstić information content (AvgIpc) is 2.91. The van der Waals surface area contributed by atoms with Gasteiger partial charge < -0.3 is 10.1 Å². The van der Waals surface area contributed by atoms with Gasteiger partial charge in [0.2, 0.25) is 15.9 Å². The first-order valence-electron chi connectivity index (χ1n) is 7.25. The summed E-state index contributed by atoms with van der Waals surface area (Å²) in [5.74, 6) is -0.0574. The van der Waals surface area contributed by atoms with Crippen molar-refractivity contribution in [2.75, 3.05) is 26.0 Å². The number of nitrogens with zero attached hydrogens (tertiary/aromatic N) is 1. The average molecular weight is 304 g/mol. The fourth-order valence-corrected chi connectivity index (χ4v) is 3.76. The molecule has 116 valence electrons. The van der Waals surface area contributed by atoms with Crippen LogP contribution in [0.2, 0.25) is 0 Å². The van der Waals surface area contributed by atoms with Crippen molar-refractivity contribution < 1.29 is 17.9 Å². The fraction of sp³-hybridized carbons (Fsp3) is 0.923. The van der Waals surface area contributed by atoms with Gasteiger partial charge in [-0.25, -0.2) is 12.7 Å². The monoisotopic (exact) mass is 304 g/mol. The highest BCUT2D eigenvalue weighted by Gasteiger charge is 2.31. The molecule has 0 aromatic carbocycles. The summed E-state index contributed by atoms with van der Waals surface area (Å²) in [6.45, 7) is 3.62. The van der Waals surface area contributed by atoms with E-state index in [0.717, 1.165) is 19.4 Å². The van der Waals surface area contributed by atoms with Gasteiger partial charge in [-0.2, -0.15) is 0 Å². The molecule has 0 spiro atoms. The van der Waals surface area contributed by atoms with Crippen LogP contribution in [0.3, 0.4) is 0 Å². The van der Waals surface area contributed by atoms with Crippen molar-refractivity contribution in [1.29, 1.82) is 0 Å². The minimum absolute atomic E-state index is 0.0259. The van der Waals surface area contributed by atoms with Crippen LogP contribution in [0.25, 0.3) is 0 Å². The highest BCUT2D eigenvalue weighted by Crippen LogP contribution is 2.21. The lowest BCUT2D eigenvalue weighted by atomic mass is 9.96. The smallest absolute Gasteiger partial charge is 0.223 e. The molecule has 2 aliphatic rings. The third kappa shape index (κ3) is 3.93. The molecule has 0 aliphatic carbocycles. The summed E-state index contributed by atoms with van der Waals surface area (Å²) in [4.78, 5) is 12.2. The minimum atomic E-state index is -3.13. The molecule has 0 bridgehead atoms. The number of hydrogen-bond acceptors (Lipinski definition) is 4. The van der Waals surface area contributed by atoms with E-state index in [1.807, 2.05) is 6.92 Å². The van der Waals surface area contributed by atoms with Gasteiger partial charge in [0.15, 0.2) is 0 Å². The number of carbonyl (C=O) groups is 1. The molecule has 1 N–H and O–H groups in total. The Hall–Kier alpha value is -0.660. The van der Waals surface area contributed by atoms with Gasteiger partial charge in [0.25, 0.3) is 0 Å². The van der Waals surface area contributed by atoms with Gasteiger partial charge in [-0.15, -0.1) is 0 Å². The molecular weight excluding hydrogens is 280 g/mol. The van der Waals surface area contributed by atoms with Crippen LogP contribution in [-0.2, 0) is 19.6 Å². The van der Waals surface area contributed by atoms with E-state index in [1.54, 1.807) is 0 Å². The maximum Gasteiger partial charge on any atom is 0.223 e. The van der Waals surface area contributed by atoms with Crippen molar-refractivity contribution in [2.24, 2.45) is 5.92 Å². The molecule has 20 heavy (non-hydrogen) atoms. The third-order valence-electron chi connectivity index (χ3n) is 4.19. The van der Waals surface area contributed by atoms with Crippen LogP contribution in [0.1, 0.15) is 32.6 Å². The summed E-state index contributed by atoms with van der Waals surface area (Å²) in [7, 11) is -3.13. The molecule has 0 aromatic rings. The molecule has 1 amide bonds. The van der Waals surface area contributed by atoms with Crippen molar-refractivity contribution in [2.45, 2.75) is 44.8 Å². The lowest BCUT2D eigenvalue weighted by molar-refractivity contribution is -0.127. The van der Waals surface area contributed by atoms with Gasteiger partial charge >= 0.3 is 0 Å². The Morgan fingerprint density at radius 1 is 1.30 bits per heavy atom. The molecule has 2 saturated heterocycles. The Morgan fingerprint density at radius 3 is 2.45 bits per heavy atom. The Balaban J connectivity index is 1.79. The Labute approximate surface area is 120 Å². The topological polar surface area (TPSA) is 75.7 Å². The second-order valence-electron chi connectivity index (χ2n) is 5.79. The van der Waals surface area contributed by atoms with E-state index in [9.17, 15) is 13.2 Å². The molecule has 7 heteroatoms. The number of ether oxygens (including phenoxy) is 1. The Kier molecular flexibility index (Phi) is 5.04. The van der Waals surface area contributed by atoms with Crippen molar-refractivity contribution in [1.82, 2.24) is 9.62 Å². The predicted molar refractivity (Wildman–Crippen MR) is 75.7 cm³/mol. The number of rotatable bonds is 4. The summed E-state index contributed by atoms with van der Waals surface area (Å²) >= 11 is 0. The van der Waals surface area contributed by atoms with Crippen LogP contribution in [-0.4, -0.2) is 56.7 Å². The Bertz CT molecular complexity index is 437. The van der Waals surface area contributed by atoms with Crippen LogP contribution in [0.15, 0.2) is 0 Å². The maximum atomic E-state index is 12.2. The lowest BCUT2D eigenvalue weighted by Crippen LogP contribution is -2.47. The molecule has 0 aromatic heterocycles. The van der Waals surface area contributed by atoms with Crippen molar-refractivity contribution in [3.05, 3.63) is 0 Å². The van der Waals surface area contributed by atoms with Crippen molar-refractivity contribution in [3.8, 4) is 0 Å². The standard InChI is InChI=1S/C13H24N2O4S/c1-10(12-4-3-9-19-12)14-13(16)11-5-7-15(8-6-11)20(2,17)18/h10-12H,3-9H2,1-2H3,(H,14,16)/t10-,12+/m1/s1. The molecule has 2 atom stereocenters. The molecule has 0 radical (unpaired) electrons. The lowest BCUT2D eigenvalue weighted by Gasteiger charge is -2.30. The number of hydrogen-bond donors (Lipinski definition) is 1. The van der Waals surface area contributed by atoms with Gasteiger partial charge in [-0.3, -0.25) is 4.79 Å². The minimum Gasteiger partial charge on any atom is -0.376 e. The number of sulfonamides is 1. The fourth-order valence-electron chi connectivity index (χ4n) is 2.88. The zero-order valence-electron chi connectivity index (χ0n) is 12.2. The summed E-state index contributed by atoms with van der Waals surface area (Å²) in [6, 6.07) is 0.0259. The molecule has 6 nitrogen and oxygen atoms in total. The van der Waals surface area contributed by atoms with E-state index in [-0.39, 0.29) is 24.0 Å². The summed E-state index contributed by atoms with van der Waals surface area (Å²) in [6.07, 6.45) is 4.57. The predicted octanol–water partition coefficient (Wildman–Crippen LogP) is 0.342. The molecule has 0 unspecified atom stereocenters. The summed E-state index contributed by atoms with van der Waals surface area (Å²) < 4.78 is 29.9. The molecule has 2 aliphatic heterocycles. The number of carbonyl (C=O) groups excluding carboxylic acids is 1. The number of amides is 1. The third-order valence-corrected chi connectivity index (χ3v) is 5.49. The summed E-state index contributed by atoms with van der Waals surface area (Å²) in [5, 5.41) is 3.01. The normalized spacial score (nSPS) is 27.4. The van der Waals surface area contributed by atoms with Gasteiger partial charge in [0.05, 0.1) is 18.4 Å². The molecule has 2 heterocycles. The zero-order chi connectivity index (χ0) is 14.8.